The zero-order valence-corrected chi connectivity index (χ0v) is 11.5. The molecule has 0 amide bonds. The van der Waals surface area contributed by atoms with E-state index in [0.717, 1.165) is 25.7 Å². The highest BCUT2D eigenvalue weighted by Gasteiger charge is 2.24. The largest absolute Gasteiger partial charge is 0.387 e. The standard InChI is InChI=1S/C14H21NO4/c1-4-6-7-11(5-2)8-12(16)14(18)19-13(17)10(3)9-15/h11-12,16H,3-8H2,1-2H3. The van der Waals surface area contributed by atoms with Gasteiger partial charge in [0.2, 0.25) is 0 Å². The van der Waals surface area contributed by atoms with Crippen molar-refractivity contribution in [1.82, 2.24) is 0 Å². The molecule has 0 saturated heterocycles. The molecule has 2 unspecified atom stereocenters. The fourth-order valence-electron chi connectivity index (χ4n) is 1.66. The lowest BCUT2D eigenvalue weighted by atomic mass is 9.93. The molecule has 1 N–H and O–H groups in total. The van der Waals surface area contributed by atoms with Gasteiger partial charge in [0.05, 0.1) is 0 Å². The number of nitriles is 1. The van der Waals surface area contributed by atoms with Crippen LogP contribution in [0.1, 0.15) is 46.0 Å². The predicted molar refractivity (Wildman–Crippen MR) is 69.8 cm³/mol. The summed E-state index contributed by atoms with van der Waals surface area (Å²) in [6.07, 6.45) is 2.79. The Balaban J connectivity index is 4.29. The van der Waals surface area contributed by atoms with Gasteiger partial charge in [-0.1, -0.05) is 46.1 Å². The Bertz CT molecular complexity index is 370. The second-order valence-electron chi connectivity index (χ2n) is 4.47. The highest BCUT2D eigenvalue weighted by Crippen LogP contribution is 2.19. The number of hydrogen-bond donors (Lipinski definition) is 1. The summed E-state index contributed by atoms with van der Waals surface area (Å²) in [5.41, 5.74) is -0.460. The van der Waals surface area contributed by atoms with E-state index >= 15 is 0 Å². The van der Waals surface area contributed by atoms with Crippen LogP contribution in [0.15, 0.2) is 12.2 Å². The van der Waals surface area contributed by atoms with E-state index in [1.165, 1.54) is 6.07 Å². The van der Waals surface area contributed by atoms with E-state index in [1.54, 1.807) is 0 Å². The molecule has 0 aromatic heterocycles. The van der Waals surface area contributed by atoms with Crippen LogP contribution in [0.5, 0.6) is 0 Å². The van der Waals surface area contributed by atoms with Crippen molar-refractivity contribution in [2.75, 3.05) is 0 Å². The second kappa shape index (κ2) is 9.29. The maximum absolute atomic E-state index is 11.5. The first kappa shape index (κ1) is 17.3. The van der Waals surface area contributed by atoms with Gasteiger partial charge in [-0.3, -0.25) is 0 Å². The molecule has 5 heteroatoms. The molecule has 0 fully saturated rings. The van der Waals surface area contributed by atoms with Crippen LogP contribution in [0.2, 0.25) is 0 Å². The summed E-state index contributed by atoms with van der Waals surface area (Å²) in [6, 6.07) is 1.49. The van der Waals surface area contributed by atoms with Crippen LogP contribution < -0.4 is 0 Å². The molecule has 0 aromatic rings. The SMILES string of the molecule is C=C(C#N)C(=O)OC(=O)C(O)CC(CC)CCCC. The first-order valence-corrected chi connectivity index (χ1v) is 6.49. The summed E-state index contributed by atoms with van der Waals surface area (Å²) in [5.74, 6) is -1.90. The van der Waals surface area contributed by atoms with Crippen LogP contribution in [-0.2, 0) is 14.3 Å². The summed E-state index contributed by atoms with van der Waals surface area (Å²) in [6.45, 7) is 7.19. The normalized spacial score (nSPS) is 13.2. The lowest BCUT2D eigenvalue weighted by Crippen LogP contribution is -2.28. The smallest absolute Gasteiger partial charge is 0.355 e. The van der Waals surface area contributed by atoms with Crippen molar-refractivity contribution < 1.29 is 19.4 Å². The molecule has 2 atom stereocenters. The third-order valence-corrected chi connectivity index (χ3v) is 2.95. The van der Waals surface area contributed by atoms with Gasteiger partial charge in [0.25, 0.3) is 0 Å². The molecule has 0 rings (SSSR count). The number of unbranched alkanes of at least 4 members (excludes halogenated alkanes) is 1. The van der Waals surface area contributed by atoms with E-state index in [4.69, 9.17) is 5.26 Å². The average molecular weight is 267 g/mol. The highest BCUT2D eigenvalue weighted by molar-refractivity contribution is 5.99. The third-order valence-electron chi connectivity index (χ3n) is 2.95. The summed E-state index contributed by atoms with van der Waals surface area (Å²) in [4.78, 5) is 22.6. The number of aliphatic hydroxyl groups excluding tert-OH is 1. The summed E-state index contributed by atoms with van der Waals surface area (Å²) in [7, 11) is 0. The lowest BCUT2D eigenvalue weighted by Gasteiger charge is -2.17. The van der Waals surface area contributed by atoms with Gasteiger partial charge in [0, 0.05) is 0 Å². The molecule has 5 nitrogen and oxygen atoms in total. The van der Waals surface area contributed by atoms with Crippen LogP contribution in [0, 0.1) is 17.2 Å². The van der Waals surface area contributed by atoms with Crippen molar-refractivity contribution in [2.24, 2.45) is 5.92 Å². The van der Waals surface area contributed by atoms with Crippen molar-refractivity contribution in [2.45, 2.75) is 52.1 Å². The van der Waals surface area contributed by atoms with Crippen molar-refractivity contribution in [3.8, 4) is 6.07 Å². The van der Waals surface area contributed by atoms with Gasteiger partial charge in [-0.2, -0.15) is 5.26 Å². The minimum absolute atomic E-state index is 0.219. The monoisotopic (exact) mass is 267 g/mol. The molecule has 0 bridgehead atoms. The van der Waals surface area contributed by atoms with Crippen LogP contribution >= 0.6 is 0 Å². The fraction of sp³-hybridized carbons (Fsp3) is 0.643. The van der Waals surface area contributed by atoms with E-state index in [0.29, 0.717) is 0 Å². The van der Waals surface area contributed by atoms with Crippen LogP contribution in [0.25, 0.3) is 0 Å². The number of carbonyl (C=O) groups is 2. The second-order valence-corrected chi connectivity index (χ2v) is 4.47. The van der Waals surface area contributed by atoms with E-state index in [-0.39, 0.29) is 12.3 Å². The summed E-state index contributed by atoms with van der Waals surface area (Å²) >= 11 is 0. The van der Waals surface area contributed by atoms with Crippen molar-refractivity contribution in [3.05, 3.63) is 12.2 Å². The molecular formula is C14H21NO4. The fourth-order valence-corrected chi connectivity index (χ4v) is 1.66. The number of carbonyl (C=O) groups excluding carboxylic acids is 2. The minimum Gasteiger partial charge on any atom is -0.387 e. The number of aliphatic hydroxyl groups is 1. The van der Waals surface area contributed by atoms with Gasteiger partial charge in [0.1, 0.15) is 11.6 Å². The van der Waals surface area contributed by atoms with E-state index < -0.39 is 23.6 Å². The zero-order chi connectivity index (χ0) is 14.8. The molecule has 106 valence electrons. The maximum Gasteiger partial charge on any atom is 0.355 e. The molecular weight excluding hydrogens is 246 g/mol. The van der Waals surface area contributed by atoms with Gasteiger partial charge >= 0.3 is 11.9 Å². The van der Waals surface area contributed by atoms with E-state index in [9.17, 15) is 14.7 Å². The van der Waals surface area contributed by atoms with Gasteiger partial charge in [-0.05, 0) is 12.3 Å². The molecule has 0 aliphatic carbocycles. The summed E-state index contributed by atoms with van der Waals surface area (Å²) in [5, 5.41) is 18.1. The highest BCUT2D eigenvalue weighted by atomic mass is 16.6. The molecule has 0 radical (unpaired) electrons. The molecule has 0 aromatic carbocycles. The molecule has 0 aliphatic rings. The molecule has 0 aliphatic heterocycles. The Labute approximate surface area is 113 Å². The van der Waals surface area contributed by atoms with Gasteiger partial charge in [-0.15, -0.1) is 0 Å². The number of ether oxygens (including phenoxy) is 1. The van der Waals surface area contributed by atoms with Crippen LogP contribution in [-0.4, -0.2) is 23.1 Å². The van der Waals surface area contributed by atoms with Crippen molar-refractivity contribution >= 4 is 11.9 Å². The maximum atomic E-state index is 11.5. The van der Waals surface area contributed by atoms with E-state index in [1.807, 2.05) is 6.92 Å². The molecule has 0 spiro atoms. The van der Waals surface area contributed by atoms with Crippen LogP contribution in [0.4, 0.5) is 0 Å². The Hall–Kier alpha value is -1.67. The number of nitrogens with zero attached hydrogens (tertiary/aromatic N) is 1. The first-order valence-electron chi connectivity index (χ1n) is 6.49. The summed E-state index contributed by atoms with van der Waals surface area (Å²) < 4.78 is 4.36. The van der Waals surface area contributed by atoms with Crippen molar-refractivity contribution in [1.29, 1.82) is 5.26 Å². The van der Waals surface area contributed by atoms with Gasteiger partial charge in [-0.25, -0.2) is 9.59 Å². The molecule has 0 saturated carbocycles. The topological polar surface area (TPSA) is 87.4 Å². The van der Waals surface area contributed by atoms with Crippen molar-refractivity contribution in [3.63, 3.8) is 0 Å². The zero-order valence-electron chi connectivity index (χ0n) is 11.5. The number of esters is 2. The Morgan fingerprint density at radius 3 is 2.53 bits per heavy atom. The number of hydrogen-bond acceptors (Lipinski definition) is 5. The first-order chi connectivity index (χ1) is 8.96. The van der Waals surface area contributed by atoms with E-state index in [2.05, 4.69) is 18.2 Å². The van der Waals surface area contributed by atoms with Gasteiger partial charge in [0.15, 0.2) is 6.10 Å². The Kier molecular flexibility index (Phi) is 8.47. The number of rotatable bonds is 8. The predicted octanol–water partition coefficient (Wildman–Crippen LogP) is 2.10. The third kappa shape index (κ3) is 6.73. The average Bonchev–Trinajstić information content (AvgIpc) is 2.41. The lowest BCUT2D eigenvalue weighted by molar-refractivity contribution is -0.163. The molecule has 19 heavy (non-hydrogen) atoms. The van der Waals surface area contributed by atoms with Crippen LogP contribution in [0.3, 0.4) is 0 Å². The quantitative estimate of drug-likeness (QED) is 0.315. The Morgan fingerprint density at radius 1 is 1.42 bits per heavy atom. The molecule has 0 heterocycles. The minimum atomic E-state index is -1.34. The Morgan fingerprint density at radius 2 is 2.05 bits per heavy atom. The van der Waals surface area contributed by atoms with Gasteiger partial charge < -0.3 is 9.84 Å².